The standard InChI is InChI=1S/C25H35N9O5S/c1-12-20-19(13(2)29-18(35)10-32-11-28-30-31-32)24(37)34(20)21(25(38)39)22(12)40-15-7-16(27-9-15)23(36)33-6-4-14-8-26-5-3-17(14)33/h11-17,19-20,26-27H,3-10H2,1-2H3,(H,29,35)(H,38,39)/t12-,13-,14?,15+,16+,17?,19-,20-/m1/s1. The Kier molecular flexibility index (Phi) is 7.29. The average molecular weight is 574 g/mol. The first-order valence-corrected chi connectivity index (χ1v) is 14.8. The molecule has 40 heavy (non-hydrogen) atoms. The van der Waals surface area contributed by atoms with Gasteiger partial charge in [-0.25, -0.2) is 9.48 Å². The summed E-state index contributed by atoms with van der Waals surface area (Å²) in [6.45, 7) is 6.92. The Morgan fingerprint density at radius 2 is 2.10 bits per heavy atom. The number of hydrogen-bond donors (Lipinski definition) is 4. The van der Waals surface area contributed by atoms with E-state index in [1.165, 1.54) is 27.7 Å². The molecule has 3 amide bonds. The van der Waals surface area contributed by atoms with Gasteiger partial charge in [-0.1, -0.05) is 6.92 Å². The number of aromatic nitrogens is 4. The highest BCUT2D eigenvalue weighted by Crippen LogP contribution is 2.52. The second-order valence-electron chi connectivity index (χ2n) is 11.5. The van der Waals surface area contributed by atoms with Gasteiger partial charge in [0, 0.05) is 41.2 Å². The molecular formula is C25H35N9O5S. The van der Waals surface area contributed by atoms with Crippen LogP contribution in [-0.4, -0.2) is 114 Å². The summed E-state index contributed by atoms with van der Waals surface area (Å²) < 4.78 is 1.29. The van der Waals surface area contributed by atoms with Crippen molar-refractivity contribution in [1.82, 2.24) is 46.0 Å². The number of β-lactam (4-membered cyclic amide) rings is 1. The summed E-state index contributed by atoms with van der Waals surface area (Å²) in [7, 11) is 0. The van der Waals surface area contributed by atoms with Crippen molar-refractivity contribution in [3.05, 3.63) is 16.9 Å². The molecule has 5 aliphatic heterocycles. The van der Waals surface area contributed by atoms with Crippen molar-refractivity contribution >= 4 is 35.5 Å². The zero-order chi connectivity index (χ0) is 28.1. The number of nitrogens with zero attached hydrogens (tertiary/aromatic N) is 6. The van der Waals surface area contributed by atoms with Gasteiger partial charge in [0.2, 0.25) is 17.7 Å². The number of hydrogen-bond acceptors (Lipinski definition) is 10. The third kappa shape index (κ3) is 4.67. The number of carboxylic acid groups (broad SMARTS) is 1. The minimum Gasteiger partial charge on any atom is -0.477 e. The van der Waals surface area contributed by atoms with Crippen LogP contribution in [0.5, 0.6) is 0 Å². The van der Waals surface area contributed by atoms with Crippen LogP contribution in [0, 0.1) is 17.8 Å². The van der Waals surface area contributed by atoms with Crippen molar-refractivity contribution in [1.29, 1.82) is 0 Å². The number of rotatable bonds is 8. The van der Waals surface area contributed by atoms with Crippen LogP contribution in [-0.2, 0) is 25.7 Å². The highest BCUT2D eigenvalue weighted by atomic mass is 32.2. The summed E-state index contributed by atoms with van der Waals surface area (Å²) in [6, 6.07) is -0.814. The summed E-state index contributed by atoms with van der Waals surface area (Å²) in [5.41, 5.74) is 0.0304. The number of tetrazole rings is 1. The largest absolute Gasteiger partial charge is 0.477 e. The molecule has 0 aromatic carbocycles. The minimum atomic E-state index is -1.13. The van der Waals surface area contributed by atoms with E-state index in [9.17, 15) is 24.3 Å². The zero-order valence-electron chi connectivity index (χ0n) is 22.5. The Balaban J connectivity index is 1.10. The van der Waals surface area contributed by atoms with Crippen LogP contribution in [0.15, 0.2) is 16.9 Å². The fourth-order valence-corrected chi connectivity index (χ4v) is 8.68. The van der Waals surface area contributed by atoms with Crippen molar-refractivity contribution in [2.24, 2.45) is 17.8 Å². The maximum absolute atomic E-state index is 13.4. The topological polar surface area (TPSA) is 175 Å². The van der Waals surface area contributed by atoms with E-state index in [2.05, 4.69) is 36.4 Å². The lowest BCUT2D eigenvalue weighted by Crippen LogP contribution is -2.66. The lowest BCUT2D eigenvalue weighted by molar-refractivity contribution is -0.158. The second-order valence-corrected chi connectivity index (χ2v) is 12.8. The van der Waals surface area contributed by atoms with Gasteiger partial charge in [0.05, 0.1) is 18.0 Å². The van der Waals surface area contributed by atoms with Gasteiger partial charge in [-0.3, -0.25) is 14.4 Å². The van der Waals surface area contributed by atoms with Crippen molar-refractivity contribution in [3.63, 3.8) is 0 Å². The van der Waals surface area contributed by atoms with Crippen LogP contribution in [0.25, 0.3) is 0 Å². The number of likely N-dealkylation sites (tertiary alicyclic amines) is 1. The van der Waals surface area contributed by atoms with Crippen molar-refractivity contribution < 1.29 is 24.3 Å². The predicted molar refractivity (Wildman–Crippen MR) is 142 cm³/mol. The monoisotopic (exact) mass is 573 g/mol. The molecule has 4 saturated heterocycles. The predicted octanol–water partition coefficient (Wildman–Crippen LogP) is -1.38. The van der Waals surface area contributed by atoms with Crippen molar-refractivity contribution in [2.75, 3.05) is 26.2 Å². The summed E-state index contributed by atoms with van der Waals surface area (Å²) in [6.07, 6.45) is 3.96. The molecule has 8 atom stereocenters. The molecule has 1 aromatic heterocycles. The smallest absolute Gasteiger partial charge is 0.353 e. The van der Waals surface area contributed by atoms with Gasteiger partial charge < -0.3 is 30.9 Å². The Morgan fingerprint density at radius 1 is 1.27 bits per heavy atom. The van der Waals surface area contributed by atoms with E-state index >= 15 is 0 Å². The molecule has 0 radical (unpaired) electrons. The number of fused-ring (bicyclic) bond motifs is 2. The molecule has 0 aliphatic carbocycles. The first-order valence-electron chi connectivity index (χ1n) is 14.0. The molecule has 2 unspecified atom stereocenters. The summed E-state index contributed by atoms with van der Waals surface area (Å²) in [5, 5.41) is 30.5. The highest BCUT2D eigenvalue weighted by Gasteiger charge is 2.60. The molecular weight excluding hydrogens is 538 g/mol. The van der Waals surface area contributed by atoms with Crippen LogP contribution in [0.4, 0.5) is 0 Å². The number of carbonyl (C=O) groups excluding carboxylic acids is 3. The van der Waals surface area contributed by atoms with Gasteiger partial charge >= 0.3 is 5.97 Å². The molecule has 6 heterocycles. The highest BCUT2D eigenvalue weighted by molar-refractivity contribution is 8.03. The normalized spacial score (nSPS) is 34.0. The van der Waals surface area contributed by atoms with E-state index in [1.807, 2.05) is 6.92 Å². The van der Waals surface area contributed by atoms with Gasteiger partial charge in [0.1, 0.15) is 18.6 Å². The number of carbonyl (C=O) groups is 4. The van der Waals surface area contributed by atoms with E-state index in [0.717, 1.165) is 32.5 Å². The van der Waals surface area contributed by atoms with Crippen molar-refractivity contribution in [3.8, 4) is 0 Å². The summed E-state index contributed by atoms with van der Waals surface area (Å²) in [5.74, 6) is -1.84. The molecule has 0 saturated carbocycles. The minimum absolute atomic E-state index is 0.0211. The molecule has 5 aliphatic rings. The van der Waals surface area contributed by atoms with E-state index in [1.54, 1.807) is 6.92 Å². The molecule has 4 fully saturated rings. The number of carboxylic acids is 1. The molecule has 4 N–H and O–H groups in total. The lowest BCUT2D eigenvalue weighted by Gasteiger charge is -2.47. The number of thioether (sulfide) groups is 1. The molecule has 0 spiro atoms. The quantitative estimate of drug-likeness (QED) is 0.270. The van der Waals surface area contributed by atoms with Crippen molar-refractivity contribution in [2.45, 2.75) is 69.1 Å². The van der Waals surface area contributed by atoms with Gasteiger partial charge in [-0.2, -0.15) is 0 Å². The number of nitrogens with one attached hydrogen (secondary N) is 3. The Labute approximate surface area is 235 Å². The van der Waals surface area contributed by atoms with E-state index in [-0.39, 0.29) is 53.2 Å². The fourth-order valence-electron chi connectivity index (χ4n) is 7.20. The molecule has 216 valence electrons. The Bertz CT molecular complexity index is 1230. The van der Waals surface area contributed by atoms with Gasteiger partial charge in [-0.15, -0.1) is 16.9 Å². The average Bonchev–Trinajstić information content (AvgIpc) is 3.71. The molecule has 0 bridgehead atoms. The van der Waals surface area contributed by atoms with E-state index in [0.29, 0.717) is 29.8 Å². The lowest BCUT2D eigenvalue weighted by atomic mass is 9.78. The maximum atomic E-state index is 13.4. The SMILES string of the molecule is C[C@@H](NC(=O)Cn1cnnn1)[C@H]1C(=O)N2C(C(=O)O)=C(S[C@@H]3CN[C@H](C(=O)N4CCC5CNCCC54)C3)[C@H](C)[C@H]12. The first-order chi connectivity index (χ1) is 19.2. The van der Waals surface area contributed by atoms with Crippen LogP contribution in [0.3, 0.4) is 0 Å². The van der Waals surface area contributed by atoms with E-state index < -0.39 is 17.9 Å². The van der Waals surface area contributed by atoms with E-state index in [4.69, 9.17) is 0 Å². The summed E-state index contributed by atoms with van der Waals surface area (Å²) in [4.78, 5) is 55.5. The third-order valence-electron chi connectivity index (χ3n) is 9.09. The van der Waals surface area contributed by atoms with Crippen LogP contribution in [0.1, 0.15) is 33.1 Å². The summed E-state index contributed by atoms with van der Waals surface area (Å²) >= 11 is 1.47. The van der Waals surface area contributed by atoms with Crippen LogP contribution in [0.2, 0.25) is 0 Å². The fraction of sp³-hybridized carbons (Fsp3) is 0.720. The van der Waals surface area contributed by atoms with Crippen LogP contribution >= 0.6 is 11.8 Å². The first kappa shape index (κ1) is 27.1. The number of piperidine rings is 1. The van der Waals surface area contributed by atoms with Crippen LogP contribution < -0.4 is 16.0 Å². The Hall–Kier alpha value is -3.04. The second kappa shape index (κ2) is 10.7. The third-order valence-corrected chi connectivity index (χ3v) is 10.6. The van der Waals surface area contributed by atoms with Gasteiger partial charge in [0.25, 0.3) is 0 Å². The molecule has 14 nitrogen and oxygen atoms in total. The number of aliphatic carboxylic acids is 1. The maximum Gasteiger partial charge on any atom is 0.353 e. The Morgan fingerprint density at radius 3 is 2.85 bits per heavy atom. The number of amides is 3. The zero-order valence-corrected chi connectivity index (χ0v) is 23.3. The van der Waals surface area contributed by atoms with Gasteiger partial charge in [0.15, 0.2) is 0 Å². The van der Waals surface area contributed by atoms with Gasteiger partial charge in [-0.05, 0) is 55.6 Å². The molecule has 1 aromatic rings. The molecule has 15 heteroatoms. The molecule has 6 rings (SSSR count).